The maximum atomic E-state index is 5.56. The summed E-state index contributed by atoms with van der Waals surface area (Å²) in [5, 5.41) is 3.68. The van der Waals surface area contributed by atoms with E-state index >= 15 is 0 Å². The van der Waals surface area contributed by atoms with Crippen molar-refractivity contribution in [1.82, 2.24) is 14.9 Å². The van der Waals surface area contributed by atoms with Gasteiger partial charge in [-0.15, -0.1) is 0 Å². The van der Waals surface area contributed by atoms with Crippen molar-refractivity contribution < 1.29 is 9.47 Å². The maximum Gasteiger partial charge on any atom is 0.227 e. The fourth-order valence-corrected chi connectivity index (χ4v) is 4.15. The highest BCUT2D eigenvalue weighted by Crippen LogP contribution is 2.31. The largest absolute Gasteiger partial charge is 0.381 e. The smallest absolute Gasteiger partial charge is 0.227 e. The van der Waals surface area contributed by atoms with E-state index in [-0.39, 0.29) is 0 Å². The molecule has 142 valence electrons. The molecule has 3 fully saturated rings. The van der Waals surface area contributed by atoms with Crippen LogP contribution in [0.3, 0.4) is 0 Å². The van der Waals surface area contributed by atoms with Crippen molar-refractivity contribution in [2.24, 2.45) is 5.92 Å². The lowest BCUT2D eigenvalue weighted by Crippen LogP contribution is -2.39. The molecule has 0 bridgehead atoms. The van der Waals surface area contributed by atoms with Crippen LogP contribution in [-0.4, -0.2) is 73.5 Å². The fourth-order valence-electron chi connectivity index (χ4n) is 4.15. The summed E-state index contributed by atoms with van der Waals surface area (Å²) in [6, 6.07) is 0.602. The minimum Gasteiger partial charge on any atom is -0.381 e. The van der Waals surface area contributed by atoms with Crippen LogP contribution in [0.2, 0.25) is 0 Å². The number of fused-ring (bicyclic) bond motifs is 1. The molecular formula is C19H29N5O2. The van der Waals surface area contributed by atoms with Gasteiger partial charge in [0.1, 0.15) is 5.82 Å². The molecule has 1 aromatic heterocycles. The number of nitrogens with zero attached hydrogens (tertiary/aromatic N) is 4. The Morgan fingerprint density at radius 3 is 2.65 bits per heavy atom. The van der Waals surface area contributed by atoms with Crippen molar-refractivity contribution in [3.63, 3.8) is 0 Å². The van der Waals surface area contributed by atoms with Gasteiger partial charge >= 0.3 is 0 Å². The summed E-state index contributed by atoms with van der Waals surface area (Å²) < 4.78 is 11.0. The molecule has 1 aliphatic carbocycles. The summed E-state index contributed by atoms with van der Waals surface area (Å²) in [5.74, 6) is 2.64. The highest BCUT2D eigenvalue weighted by molar-refractivity contribution is 5.53. The second-order valence-corrected chi connectivity index (χ2v) is 8.03. The van der Waals surface area contributed by atoms with E-state index in [4.69, 9.17) is 19.4 Å². The number of aromatic nitrogens is 2. The standard InChI is InChI=1S/C19H29N5O2/c1-2-15(1)20-18-16-12-23(11-14-4-8-26-13-14)5-3-17(16)21-19(22-18)24-6-9-25-10-7-24/h14-15H,1-13H2,(H,20,21,22)/t14-/m0/s1. The van der Waals surface area contributed by atoms with Gasteiger partial charge in [0.2, 0.25) is 5.95 Å². The van der Waals surface area contributed by atoms with Crippen LogP contribution < -0.4 is 10.2 Å². The average Bonchev–Trinajstić information content (AvgIpc) is 3.35. The number of nitrogens with one attached hydrogen (secondary N) is 1. The Labute approximate surface area is 155 Å². The molecule has 0 radical (unpaired) electrons. The monoisotopic (exact) mass is 359 g/mol. The molecule has 26 heavy (non-hydrogen) atoms. The van der Waals surface area contributed by atoms with Crippen LogP contribution in [0.4, 0.5) is 11.8 Å². The quantitative estimate of drug-likeness (QED) is 0.850. The zero-order valence-corrected chi connectivity index (χ0v) is 15.5. The minimum absolute atomic E-state index is 0.602. The molecule has 4 aliphatic rings. The predicted octanol–water partition coefficient (Wildman–Crippen LogP) is 1.28. The predicted molar refractivity (Wildman–Crippen MR) is 99.6 cm³/mol. The highest BCUT2D eigenvalue weighted by Gasteiger charge is 2.29. The Hall–Kier alpha value is -1.44. The third-order valence-corrected chi connectivity index (χ3v) is 5.88. The number of hydrogen-bond donors (Lipinski definition) is 1. The third-order valence-electron chi connectivity index (χ3n) is 5.88. The lowest BCUT2D eigenvalue weighted by molar-refractivity contribution is 0.122. The third kappa shape index (κ3) is 3.66. The zero-order valence-electron chi connectivity index (χ0n) is 15.5. The van der Waals surface area contributed by atoms with Crippen molar-refractivity contribution in [1.29, 1.82) is 0 Å². The molecule has 1 saturated carbocycles. The Kier molecular flexibility index (Phi) is 4.69. The topological polar surface area (TPSA) is 62.8 Å². The van der Waals surface area contributed by atoms with Crippen LogP contribution >= 0.6 is 0 Å². The molecule has 4 heterocycles. The molecule has 1 atom stereocenters. The molecule has 0 spiro atoms. The Morgan fingerprint density at radius 1 is 1.00 bits per heavy atom. The van der Waals surface area contributed by atoms with Gasteiger partial charge in [0, 0.05) is 57.4 Å². The van der Waals surface area contributed by atoms with Crippen LogP contribution in [0.15, 0.2) is 0 Å². The van der Waals surface area contributed by atoms with Crippen molar-refractivity contribution >= 4 is 11.8 Å². The van der Waals surface area contributed by atoms with Crippen LogP contribution in [-0.2, 0) is 22.4 Å². The highest BCUT2D eigenvalue weighted by atomic mass is 16.5. The molecule has 0 amide bonds. The molecule has 2 saturated heterocycles. The average molecular weight is 359 g/mol. The van der Waals surface area contributed by atoms with Gasteiger partial charge in [0.15, 0.2) is 0 Å². The lowest BCUT2D eigenvalue weighted by Gasteiger charge is -2.33. The molecule has 0 aromatic carbocycles. The molecule has 0 unspecified atom stereocenters. The van der Waals surface area contributed by atoms with Crippen molar-refractivity contribution in [2.45, 2.75) is 38.3 Å². The van der Waals surface area contributed by atoms with Gasteiger partial charge < -0.3 is 19.7 Å². The van der Waals surface area contributed by atoms with E-state index in [0.717, 1.165) is 77.3 Å². The van der Waals surface area contributed by atoms with E-state index in [1.807, 2.05) is 0 Å². The summed E-state index contributed by atoms with van der Waals surface area (Å²) in [6.45, 7) is 8.33. The van der Waals surface area contributed by atoms with Crippen LogP contribution in [0, 0.1) is 5.92 Å². The maximum absolute atomic E-state index is 5.56. The van der Waals surface area contributed by atoms with Gasteiger partial charge in [-0.1, -0.05) is 0 Å². The van der Waals surface area contributed by atoms with Crippen molar-refractivity contribution in [3.8, 4) is 0 Å². The SMILES string of the molecule is C1CN(c2nc3c(c(NC4CC4)n2)CN(C[C@@H]2CCOC2)CC3)CCO1. The normalized spacial score (nSPS) is 26.8. The summed E-state index contributed by atoms with van der Waals surface area (Å²) >= 11 is 0. The van der Waals surface area contributed by atoms with Crippen molar-refractivity contribution in [2.75, 3.05) is 62.8 Å². The molecule has 1 N–H and O–H groups in total. The second-order valence-electron chi connectivity index (χ2n) is 8.03. The first-order valence-electron chi connectivity index (χ1n) is 10.1. The second kappa shape index (κ2) is 7.29. The number of ether oxygens (including phenoxy) is 2. The first-order chi connectivity index (χ1) is 12.8. The summed E-state index contributed by atoms with van der Waals surface area (Å²) in [5.41, 5.74) is 2.56. The number of anilines is 2. The summed E-state index contributed by atoms with van der Waals surface area (Å²) in [7, 11) is 0. The van der Waals surface area contributed by atoms with E-state index in [1.54, 1.807) is 0 Å². The first kappa shape index (κ1) is 16.7. The first-order valence-corrected chi connectivity index (χ1v) is 10.1. The Balaban J connectivity index is 1.37. The Bertz CT molecular complexity index is 639. The van der Waals surface area contributed by atoms with Gasteiger partial charge in [-0.3, -0.25) is 4.90 Å². The van der Waals surface area contributed by atoms with E-state index in [0.29, 0.717) is 12.0 Å². The minimum atomic E-state index is 0.602. The van der Waals surface area contributed by atoms with E-state index in [2.05, 4.69) is 15.1 Å². The number of morpholine rings is 1. The summed E-state index contributed by atoms with van der Waals surface area (Å²) in [6.07, 6.45) is 4.73. The van der Waals surface area contributed by atoms with Crippen molar-refractivity contribution in [3.05, 3.63) is 11.3 Å². The van der Waals surface area contributed by atoms with Crippen LogP contribution in [0.25, 0.3) is 0 Å². The summed E-state index contributed by atoms with van der Waals surface area (Å²) in [4.78, 5) is 14.7. The zero-order chi connectivity index (χ0) is 17.3. The fraction of sp³-hybridized carbons (Fsp3) is 0.789. The van der Waals surface area contributed by atoms with Crippen LogP contribution in [0.1, 0.15) is 30.5 Å². The van der Waals surface area contributed by atoms with Gasteiger partial charge in [0.05, 0.1) is 25.5 Å². The lowest BCUT2D eigenvalue weighted by atomic mass is 10.0. The van der Waals surface area contributed by atoms with E-state index in [1.165, 1.54) is 30.5 Å². The molecule has 3 aliphatic heterocycles. The van der Waals surface area contributed by atoms with E-state index < -0.39 is 0 Å². The molecule has 5 rings (SSSR count). The Morgan fingerprint density at radius 2 is 1.88 bits per heavy atom. The van der Waals surface area contributed by atoms with Crippen LogP contribution in [0.5, 0.6) is 0 Å². The van der Waals surface area contributed by atoms with Gasteiger partial charge in [-0.2, -0.15) is 4.98 Å². The molecular weight excluding hydrogens is 330 g/mol. The number of rotatable bonds is 5. The van der Waals surface area contributed by atoms with Gasteiger partial charge in [-0.25, -0.2) is 4.98 Å². The van der Waals surface area contributed by atoms with Gasteiger partial charge in [0.25, 0.3) is 0 Å². The molecule has 1 aromatic rings. The van der Waals surface area contributed by atoms with E-state index in [9.17, 15) is 0 Å². The van der Waals surface area contributed by atoms with Gasteiger partial charge in [-0.05, 0) is 25.2 Å². The molecule has 7 heteroatoms. The number of hydrogen-bond acceptors (Lipinski definition) is 7. The molecule has 7 nitrogen and oxygen atoms in total.